The number of benzene rings is 1. The minimum absolute atomic E-state index is 0.0237. The molecule has 6 heteroatoms. The Bertz CT molecular complexity index is 820. The first-order chi connectivity index (χ1) is 14.2. The van der Waals surface area contributed by atoms with Gasteiger partial charge in [0.2, 0.25) is 5.91 Å². The maximum Gasteiger partial charge on any atom is 0.249 e. The summed E-state index contributed by atoms with van der Waals surface area (Å²) in [6.45, 7) is 4.54. The molecule has 5 rings (SSSR count). The van der Waals surface area contributed by atoms with Crippen molar-refractivity contribution in [2.24, 2.45) is 0 Å². The van der Waals surface area contributed by atoms with Gasteiger partial charge in [-0.25, -0.2) is 0 Å². The van der Waals surface area contributed by atoms with E-state index in [1.165, 1.54) is 15.0 Å². The van der Waals surface area contributed by atoms with E-state index in [1.54, 1.807) is 0 Å². The van der Waals surface area contributed by atoms with Crippen LogP contribution >= 0.6 is 11.3 Å². The van der Waals surface area contributed by atoms with E-state index in [0.717, 1.165) is 58.2 Å². The molecule has 0 unspecified atom stereocenters. The number of carbonyl (C=O) groups is 1. The van der Waals surface area contributed by atoms with Crippen molar-refractivity contribution in [2.45, 2.75) is 62.9 Å². The van der Waals surface area contributed by atoms with Gasteiger partial charge < -0.3 is 14.8 Å². The first kappa shape index (κ1) is 19.5. The molecule has 29 heavy (non-hydrogen) atoms. The zero-order chi connectivity index (χ0) is 19.7. The van der Waals surface area contributed by atoms with Crippen molar-refractivity contribution in [1.29, 1.82) is 0 Å². The molecule has 3 aliphatic rings. The second-order valence-corrected chi connectivity index (χ2v) is 9.90. The average molecular weight is 415 g/mol. The molecule has 0 bridgehead atoms. The standard InChI is InChI=1S/C23H30N2O3S/c26-22(20-5-3-13-27-20)24-15-18-7-8-23(28-18)9-11-25(12-10-23)16-19-14-17-4-1-2-6-21(17)29-19/h1-2,4,6,14,18,20H,3,5,7-13,15-16H2,(H,24,26)/t18-,20+/m0/s1. The fourth-order valence-corrected chi connectivity index (χ4v) is 6.08. The SMILES string of the molecule is O=C(NC[C@@H]1CCC2(CCN(Cc3cc4ccccc4s3)CC2)O1)[C@H]1CCCO1. The number of carbonyl (C=O) groups excluding carboxylic acids is 1. The maximum absolute atomic E-state index is 12.2. The van der Waals surface area contributed by atoms with Gasteiger partial charge in [0.25, 0.3) is 0 Å². The van der Waals surface area contributed by atoms with Crippen LogP contribution in [0, 0.1) is 0 Å². The van der Waals surface area contributed by atoms with Crippen LogP contribution in [0.5, 0.6) is 0 Å². The van der Waals surface area contributed by atoms with Crippen molar-refractivity contribution in [1.82, 2.24) is 10.2 Å². The first-order valence-electron chi connectivity index (χ1n) is 11.0. The van der Waals surface area contributed by atoms with Gasteiger partial charge in [0.05, 0.1) is 11.7 Å². The van der Waals surface area contributed by atoms with Crippen LogP contribution in [0.2, 0.25) is 0 Å². The lowest BCUT2D eigenvalue weighted by atomic mass is 9.88. The predicted molar refractivity (Wildman–Crippen MR) is 115 cm³/mol. The molecule has 2 atom stereocenters. The van der Waals surface area contributed by atoms with Crippen LogP contribution in [0.25, 0.3) is 10.1 Å². The zero-order valence-electron chi connectivity index (χ0n) is 16.9. The van der Waals surface area contributed by atoms with Crippen molar-refractivity contribution < 1.29 is 14.3 Å². The second kappa shape index (κ2) is 8.34. The summed E-state index contributed by atoms with van der Waals surface area (Å²) in [5, 5.41) is 4.40. The van der Waals surface area contributed by atoms with Crippen LogP contribution in [0.3, 0.4) is 0 Å². The van der Waals surface area contributed by atoms with Gasteiger partial charge in [-0.1, -0.05) is 18.2 Å². The summed E-state index contributed by atoms with van der Waals surface area (Å²) < 4.78 is 13.3. The number of likely N-dealkylation sites (tertiary alicyclic amines) is 1. The molecular formula is C23H30N2O3S. The molecule has 2 aromatic rings. The molecule has 1 N–H and O–H groups in total. The first-order valence-corrected chi connectivity index (χ1v) is 11.8. The molecule has 3 fully saturated rings. The summed E-state index contributed by atoms with van der Waals surface area (Å²) in [4.78, 5) is 16.2. The van der Waals surface area contributed by atoms with E-state index >= 15 is 0 Å². The Kier molecular flexibility index (Phi) is 5.61. The number of nitrogens with one attached hydrogen (secondary N) is 1. The van der Waals surface area contributed by atoms with Crippen LogP contribution in [0.1, 0.15) is 43.4 Å². The minimum atomic E-state index is -0.248. The third-order valence-electron chi connectivity index (χ3n) is 6.69. The van der Waals surface area contributed by atoms with E-state index in [2.05, 4.69) is 40.5 Å². The molecule has 3 aliphatic heterocycles. The van der Waals surface area contributed by atoms with E-state index < -0.39 is 0 Å². The van der Waals surface area contributed by atoms with Gasteiger partial charge in [0.15, 0.2) is 0 Å². The highest BCUT2D eigenvalue weighted by Crippen LogP contribution is 2.39. The van der Waals surface area contributed by atoms with E-state index in [0.29, 0.717) is 13.2 Å². The smallest absolute Gasteiger partial charge is 0.249 e. The van der Waals surface area contributed by atoms with E-state index in [4.69, 9.17) is 9.47 Å². The molecule has 0 radical (unpaired) electrons. The molecular weight excluding hydrogens is 384 g/mol. The molecule has 1 aromatic carbocycles. The maximum atomic E-state index is 12.2. The van der Waals surface area contributed by atoms with Crippen LogP contribution in [-0.4, -0.2) is 54.9 Å². The number of hydrogen-bond acceptors (Lipinski definition) is 5. The normalized spacial score (nSPS) is 27.0. The fraction of sp³-hybridized carbons (Fsp3) is 0.609. The van der Waals surface area contributed by atoms with E-state index in [1.807, 2.05) is 11.3 Å². The number of nitrogens with zero attached hydrogens (tertiary/aromatic N) is 1. The van der Waals surface area contributed by atoms with Crippen LogP contribution in [0.4, 0.5) is 0 Å². The van der Waals surface area contributed by atoms with Gasteiger partial charge in [-0.2, -0.15) is 0 Å². The van der Waals surface area contributed by atoms with Crippen molar-refractivity contribution in [2.75, 3.05) is 26.2 Å². The average Bonchev–Trinajstić information content (AvgIpc) is 3.48. The molecule has 1 amide bonds. The lowest BCUT2D eigenvalue weighted by Gasteiger charge is -2.39. The summed E-state index contributed by atoms with van der Waals surface area (Å²) in [6, 6.07) is 11.0. The summed E-state index contributed by atoms with van der Waals surface area (Å²) in [7, 11) is 0. The van der Waals surface area contributed by atoms with E-state index in [9.17, 15) is 4.79 Å². The van der Waals surface area contributed by atoms with Crippen molar-refractivity contribution in [3.05, 3.63) is 35.2 Å². The molecule has 0 aliphatic carbocycles. The molecule has 0 saturated carbocycles. The van der Waals surface area contributed by atoms with Gasteiger partial charge >= 0.3 is 0 Å². The second-order valence-electron chi connectivity index (χ2n) is 8.74. The monoisotopic (exact) mass is 414 g/mol. The van der Waals surface area contributed by atoms with Crippen LogP contribution < -0.4 is 5.32 Å². The van der Waals surface area contributed by atoms with Crippen molar-refractivity contribution >= 4 is 27.3 Å². The Labute approximate surface area is 176 Å². The molecule has 1 spiro atoms. The highest BCUT2D eigenvalue weighted by molar-refractivity contribution is 7.19. The number of rotatable bonds is 5. The Balaban J connectivity index is 1.09. The molecule has 3 saturated heterocycles. The number of fused-ring (bicyclic) bond motifs is 1. The molecule has 156 valence electrons. The highest BCUT2D eigenvalue weighted by atomic mass is 32.1. The van der Waals surface area contributed by atoms with E-state index in [-0.39, 0.29) is 23.7 Å². The quantitative estimate of drug-likeness (QED) is 0.810. The number of hydrogen-bond donors (Lipinski definition) is 1. The minimum Gasteiger partial charge on any atom is -0.370 e. The molecule has 5 nitrogen and oxygen atoms in total. The zero-order valence-corrected chi connectivity index (χ0v) is 17.7. The Morgan fingerprint density at radius 2 is 2.07 bits per heavy atom. The summed E-state index contributed by atoms with van der Waals surface area (Å²) in [5.74, 6) is 0.0326. The molecule has 1 aromatic heterocycles. The summed E-state index contributed by atoms with van der Waals surface area (Å²) in [5.41, 5.74) is 0.0237. The fourth-order valence-electron chi connectivity index (χ4n) is 4.97. The van der Waals surface area contributed by atoms with Crippen molar-refractivity contribution in [3.63, 3.8) is 0 Å². The summed E-state index contributed by atoms with van der Waals surface area (Å²) >= 11 is 1.91. The van der Waals surface area contributed by atoms with Gasteiger partial charge in [-0.05, 0) is 56.0 Å². The third kappa shape index (κ3) is 4.36. The summed E-state index contributed by atoms with van der Waals surface area (Å²) in [6.07, 6.45) is 6.07. The van der Waals surface area contributed by atoms with Gasteiger partial charge in [0.1, 0.15) is 6.10 Å². The van der Waals surface area contributed by atoms with Gasteiger partial charge in [-0.15, -0.1) is 11.3 Å². The number of amides is 1. The lowest BCUT2D eigenvalue weighted by molar-refractivity contribution is -0.131. The third-order valence-corrected chi connectivity index (χ3v) is 7.79. The Morgan fingerprint density at radius 1 is 1.21 bits per heavy atom. The Morgan fingerprint density at radius 3 is 2.86 bits per heavy atom. The van der Waals surface area contributed by atoms with Gasteiger partial charge in [-0.3, -0.25) is 9.69 Å². The van der Waals surface area contributed by atoms with Crippen LogP contribution in [-0.2, 0) is 20.8 Å². The predicted octanol–water partition coefficient (Wildman–Crippen LogP) is 3.71. The topological polar surface area (TPSA) is 50.8 Å². The van der Waals surface area contributed by atoms with Crippen molar-refractivity contribution in [3.8, 4) is 0 Å². The van der Waals surface area contributed by atoms with Crippen LogP contribution in [0.15, 0.2) is 30.3 Å². The number of piperidine rings is 1. The number of thiophene rings is 1. The lowest BCUT2D eigenvalue weighted by Crippen LogP contribution is -2.45. The van der Waals surface area contributed by atoms with Gasteiger partial charge in [0, 0.05) is 42.4 Å². The molecule has 4 heterocycles. The highest BCUT2D eigenvalue weighted by Gasteiger charge is 2.42. The largest absolute Gasteiger partial charge is 0.370 e. The Hall–Kier alpha value is -1.47. The number of ether oxygens (including phenoxy) is 2.